The minimum atomic E-state index is -0.534. The highest BCUT2D eigenvalue weighted by Crippen LogP contribution is 2.20. The molecule has 0 atom stereocenters. The van der Waals surface area contributed by atoms with Crippen molar-refractivity contribution in [3.05, 3.63) is 74.7 Å². The summed E-state index contributed by atoms with van der Waals surface area (Å²) >= 11 is 2.20. The Bertz CT molecular complexity index is 766. The molecule has 0 saturated heterocycles. The Morgan fingerprint density at radius 3 is 2.62 bits per heavy atom. The molecular weight excluding hydrogens is 384 g/mol. The standard InChI is InChI=1S/C16H9FINO2/c17-12-3-1-2-11(9-12)15-19-14(16(20)21-15)8-10-4-6-13(18)7-5-10/h1-9H/b14-8+. The third kappa shape index (κ3) is 3.18. The number of carbonyl (C=O) groups excluding carboxylic acids is 1. The summed E-state index contributed by atoms with van der Waals surface area (Å²) in [5, 5.41) is 0. The van der Waals surface area contributed by atoms with E-state index in [2.05, 4.69) is 27.6 Å². The monoisotopic (exact) mass is 393 g/mol. The van der Waals surface area contributed by atoms with Gasteiger partial charge in [-0.15, -0.1) is 0 Å². The molecule has 3 nitrogen and oxygen atoms in total. The van der Waals surface area contributed by atoms with Crippen LogP contribution in [0.3, 0.4) is 0 Å². The fraction of sp³-hybridized carbons (Fsp3) is 0. The smallest absolute Gasteiger partial charge is 0.363 e. The van der Waals surface area contributed by atoms with E-state index in [1.807, 2.05) is 24.3 Å². The van der Waals surface area contributed by atoms with Crippen LogP contribution in [0, 0.1) is 9.39 Å². The maximum absolute atomic E-state index is 13.2. The molecular formula is C16H9FINO2. The van der Waals surface area contributed by atoms with Crippen LogP contribution >= 0.6 is 22.6 Å². The number of benzene rings is 2. The minimum absolute atomic E-state index is 0.122. The molecule has 0 N–H and O–H groups in total. The Labute approximate surface area is 134 Å². The number of nitrogens with zero attached hydrogens (tertiary/aromatic N) is 1. The van der Waals surface area contributed by atoms with E-state index in [0.717, 1.165) is 9.13 Å². The fourth-order valence-corrected chi connectivity index (χ4v) is 2.23. The molecule has 1 heterocycles. The zero-order valence-corrected chi connectivity index (χ0v) is 12.9. The van der Waals surface area contributed by atoms with E-state index >= 15 is 0 Å². The molecule has 2 aromatic carbocycles. The van der Waals surface area contributed by atoms with E-state index in [1.54, 1.807) is 18.2 Å². The minimum Gasteiger partial charge on any atom is -0.402 e. The first-order valence-corrected chi connectivity index (χ1v) is 7.24. The van der Waals surface area contributed by atoms with Crippen LogP contribution in [-0.2, 0) is 9.53 Å². The molecule has 0 radical (unpaired) electrons. The normalized spacial score (nSPS) is 16.0. The second-order valence-corrected chi connectivity index (χ2v) is 5.64. The van der Waals surface area contributed by atoms with Gasteiger partial charge in [0.2, 0.25) is 5.90 Å². The lowest BCUT2D eigenvalue weighted by molar-refractivity contribution is -0.129. The van der Waals surface area contributed by atoms with Gasteiger partial charge in [0.05, 0.1) is 0 Å². The number of halogens is 2. The van der Waals surface area contributed by atoms with Gasteiger partial charge in [-0.2, -0.15) is 0 Å². The van der Waals surface area contributed by atoms with Gasteiger partial charge in [0.15, 0.2) is 5.70 Å². The Morgan fingerprint density at radius 2 is 1.90 bits per heavy atom. The van der Waals surface area contributed by atoms with E-state index in [0.29, 0.717) is 5.56 Å². The third-order valence-electron chi connectivity index (χ3n) is 2.87. The number of esters is 1. The lowest BCUT2D eigenvalue weighted by Crippen LogP contribution is -2.05. The maximum atomic E-state index is 13.2. The summed E-state index contributed by atoms with van der Waals surface area (Å²) in [5.74, 6) is -0.814. The molecule has 0 saturated carbocycles. The Hall–Kier alpha value is -2.02. The molecule has 0 bridgehead atoms. The predicted molar refractivity (Wildman–Crippen MR) is 86.2 cm³/mol. The van der Waals surface area contributed by atoms with Crippen LogP contribution in [0.25, 0.3) is 6.08 Å². The lowest BCUT2D eigenvalue weighted by Gasteiger charge is -1.98. The number of hydrogen-bond acceptors (Lipinski definition) is 3. The molecule has 21 heavy (non-hydrogen) atoms. The quantitative estimate of drug-likeness (QED) is 0.443. The summed E-state index contributed by atoms with van der Waals surface area (Å²) in [6, 6.07) is 13.4. The molecule has 3 rings (SSSR count). The molecule has 0 aromatic heterocycles. The summed E-state index contributed by atoms with van der Waals surface area (Å²) in [4.78, 5) is 15.9. The van der Waals surface area contributed by atoms with Crippen molar-refractivity contribution < 1.29 is 13.9 Å². The molecule has 5 heteroatoms. The van der Waals surface area contributed by atoms with Gasteiger partial charge in [-0.05, 0) is 64.6 Å². The first-order chi connectivity index (χ1) is 10.1. The van der Waals surface area contributed by atoms with Crippen LogP contribution in [0.1, 0.15) is 11.1 Å². The topological polar surface area (TPSA) is 38.7 Å². The SMILES string of the molecule is O=C1OC(c2cccc(F)c2)=N/C1=C/c1ccc(I)cc1. The average molecular weight is 393 g/mol. The van der Waals surface area contributed by atoms with E-state index in [1.165, 1.54) is 12.1 Å². The summed E-state index contributed by atoms with van der Waals surface area (Å²) in [7, 11) is 0. The number of rotatable bonds is 2. The summed E-state index contributed by atoms with van der Waals surface area (Å²) in [5.41, 5.74) is 1.50. The van der Waals surface area contributed by atoms with Crippen LogP contribution in [0.4, 0.5) is 4.39 Å². The van der Waals surface area contributed by atoms with Crippen molar-refractivity contribution >= 4 is 40.5 Å². The third-order valence-corrected chi connectivity index (χ3v) is 3.58. The van der Waals surface area contributed by atoms with E-state index in [-0.39, 0.29) is 11.6 Å². The Morgan fingerprint density at radius 1 is 1.14 bits per heavy atom. The van der Waals surface area contributed by atoms with Crippen molar-refractivity contribution in [3.8, 4) is 0 Å². The number of aliphatic imine (C=N–C) groups is 1. The molecule has 0 fully saturated rings. The van der Waals surface area contributed by atoms with E-state index in [4.69, 9.17) is 4.74 Å². The van der Waals surface area contributed by atoms with Gasteiger partial charge in [-0.3, -0.25) is 0 Å². The highest BCUT2D eigenvalue weighted by atomic mass is 127. The molecule has 104 valence electrons. The number of ether oxygens (including phenoxy) is 1. The first kappa shape index (κ1) is 13.9. The molecule has 0 aliphatic carbocycles. The van der Waals surface area contributed by atoms with Crippen molar-refractivity contribution in [2.24, 2.45) is 4.99 Å². The van der Waals surface area contributed by atoms with Gasteiger partial charge in [-0.1, -0.05) is 18.2 Å². The summed E-state index contributed by atoms with van der Waals surface area (Å²) < 4.78 is 19.4. The van der Waals surface area contributed by atoms with Crippen LogP contribution in [-0.4, -0.2) is 11.9 Å². The number of cyclic esters (lactones) is 1. The van der Waals surface area contributed by atoms with Gasteiger partial charge >= 0.3 is 5.97 Å². The zero-order valence-electron chi connectivity index (χ0n) is 10.7. The molecule has 2 aromatic rings. The summed E-state index contributed by atoms with van der Waals surface area (Å²) in [6.07, 6.45) is 1.64. The molecule has 0 unspecified atom stereocenters. The molecule has 1 aliphatic rings. The lowest BCUT2D eigenvalue weighted by atomic mass is 10.2. The highest BCUT2D eigenvalue weighted by molar-refractivity contribution is 14.1. The van der Waals surface area contributed by atoms with Crippen LogP contribution < -0.4 is 0 Å². The van der Waals surface area contributed by atoms with Crippen LogP contribution in [0.5, 0.6) is 0 Å². The van der Waals surface area contributed by atoms with Gasteiger partial charge in [0, 0.05) is 9.13 Å². The van der Waals surface area contributed by atoms with Crippen molar-refractivity contribution in [2.45, 2.75) is 0 Å². The first-order valence-electron chi connectivity index (χ1n) is 6.16. The Balaban J connectivity index is 1.93. The highest BCUT2D eigenvalue weighted by Gasteiger charge is 2.24. The molecule has 1 aliphatic heterocycles. The second-order valence-electron chi connectivity index (χ2n) is 4.40. The molecule has 0 amide bonds. The van der Waals surface area contributed by atoms with E-state index < -0.39 is 11.8 Å². The van der Waals surface area contributed by atoms with Crippen molar-refractivity contribution in [1.29, 1.82) is 0 Å². The second kappa shape index (κ2) is 5.77. The van der Waals surface area contributed by atoms with Gasteiger partial charge in [0.25, 0.3) is 0 Å². The van der Waals surface area contributed by atoms with Crippen molar-refractivity contribution in [2.75, 3.05) is 0 Å². The Kier molecular flexibility index (Phi) is 3.83. The van der Waals surface area contributed by atoms with Gasteiger partial charge in [0.1, 0.15) is 5.82 Å². The van der Waals surface area contributed by atoms with Gasteiger partial charge < -0.3 is 4.74 Å². The van der Waals surface area contributed by atoms with Crippen LogP contribution in [0.15, 0.2) is 59.2 Å². The van der Waals surface area contributed by atoms with Gasteiger partial charge in [-0.25, -0.2) is 14.2 Å². The number of hydrogen-bond donors (Lipinski definition) is 0. The molecule has 0 spiro atoms. The fourth-order valence-electron chi connectivity index (χ4n) is 1.87. The maximum Gasteiger partial charge on any atom is 0.363 e. The van der Waals surface area contributed by atoms with Crippen molar-refractivity contribution in [3.63, 3.8) is 0 Å². The zero-order chi connectivity index (χ0) is 14.8. The predicted octanol–water partition coefficient (Wildman–Crippen LogP) is 3.77. The van der Waals surface area contributed by atoms with Crippen molar-refractivity contribution in [1.82, 2.24) is 0 Å². The number of carbonyl (C=O) groups is 1. The van der Waals surface area contributed by atoms with E-state index in [9.17, 15) is 9.18 Å². The van der Waals surface area contributed by atoms with Crippen LogP contribution in [0.2, 0.25) is 0 Å². The summed E-state index contributed by atoms with van der Waals surface area (Å²) in [6.45, 7) is 0. The largest absolute Gasteiger partial charge is 0.402 e. The average Bonchev–Trinajstić information content (AvgIpc) is 2.83.